The predicted octanol–water partition coefficient (Wildman–Crippen LogP) is 1.44. The van der Waals surface area contributed by atoms with E-state index in [-0.39, 0.29) is 5.97 Å². The van der Waals surface area contributed by atoms with Crippen molar-refractivity contribution in [3.05, 3.63) is 11.1 Å². The van der Waals surface area contributed by atoms with E-state index < -0.39 is 0 Å². The first kappa shape index (κ1) is 16.1. The van der Waals surface area contributed by atoms with Gasteiger partial charge in [-0.05, 0) is 37.0 Å². The molecule has 1 fully saturated rings. The molecule has 4 nitrogen and oxygen atoms in total. The second-order valence-electron chi connectivity index (χ2n) is 5.51. The molecule has 0 saturated heterocycles. The van der Waals surface area contributed by atoms with Gasteiger partial charge in [-0.25, -0.2) is 4.79 Å². The van der Waals surface area contributed by atoms with Crippen molar-refractivity contribution in [2.45, 2.75) is 45.6 Å². The maximum atomic E-state index is 11.9. The molecule has 6 heteroatoms. The third kappa shape index (κ3) is 3.15. The summed E-state index contributed by atoms with van der Waals surface area (Å²) in [6, 6.07) is 0.398. The van der Waals surface area contributed by atoms with Crippen LogP contribution in [0.5, 0.6) is 0 Å². The lowest BCUT2D eigenvalue weighted by Crippen LogP contribution is -2.38. The summed E-state index contributed by atoms with van der Waals surface area (Å²) < 4.78 is 5.89. The Balaban J connectivity index is 2.30. The average molecular weight is 307 g/mol. The first-order chi connectivity index (χ1) is 9.99. The number of thiophene rings is 1. The molecule has 1 aromatic heterocycles. The van der Waals surface area contributed by atoms with Gasteiger partial charge >= 0.3 is 5.97 Å². The van der Waals surface area contributed by atoms with Crippen LogP contribution in [0.3, 0.4) is 0 Å². The molecule has 21 heavy (non-hydrogen) atoms. The number of rotatable bonds is 4. The van der Waals surface area contributed by atoms with Crippen LogP contribution in [0.1, 0.15) is 48.5 Å². The van der Waals surface area contributed by atoms with E-state index >= 15 is 0 Å². The van der Waals surface area contributed by atoms with Crippen LogP contribution in [-0.2, 0) is 9.53 Å². The highest BCUT2D eigenvalue weighted by atomic mass is 32.1. The quantitative estimate of drug-likeness (QED) is 0.624. The van der Waals surface area contributed by atoms with Crippen LogP contribution < -0.4 is 9.68 Å². The summed E-state index contributed by atoms with van der Waals surface area (Å²) in [7, 11) is 3.38. The van der Waals surface area contributed by atoms with Crippen molar-refractivity contribution in [1.82, 2.24) is 0 Å². The fraction of sp³-hybridized carbons (Fsp3) is 0.600. The second kappa shape index (κ2) is 6.64. The lowest BCUT2D eigenvalue weighted by atomic mass is 9.93. The second-order valence-corrected chi connectivity index (χ2v) is 6.71. The van der Waals surface area contributed by atoms with Crippen LogP contribution in [0.2, 0.25) is 0 Å². The first-order valence-electron chi connectivity index (χ1n) is 7.46. The SMILES string of the molecule is Bc1sc(N(CC)C2CCC(=O)CC2)c(C)c1C(=O)OC. The molecule has 0 aliphatic heterocycles. The number of hydrogen-bond donors (Lipinski definition) is 0. The largest absolute Gasteiger partial charge is 0.465 e. The Labute approximate surface area is 130 Å². The summed E-state index contributed by atoms with van der Waals surface area (Å²) in [5.41, 5.74) is 1.70. The highest BCUT2D eigenvalue weighted by molar-refractivity contribution is 7.24. The summed E-state index contributed by atoms with van der Waals surface area (Å²) in [5.74, 6) is 0.110. The van der Waals surface area contributed by atoms with E-state index in [0.717, 1.165) is 34.7 Å². The monoisotopic (exact) mass is 307 g/mol. The van der Waals surface area contributed by atoms with E-state index in [2.05, 4.69) is 11.8 Å². The van der Waals surface area contributed by atoms with Gasteiger partial charge in [0, 0.05) is 25.4 Å². The maximum absolute atomic E-state index is 11.9. The van der Waals surface area contributed by atoms with Crippen LogP contribution in [-0.4, -0.2) is 39.3 Å². The number of carbonyl (C=O) groups is 2. The minimum Gasteiger partial charge on any atom is -0.465 e. The van der Waals surface area contributed by atoms with Gasteiger partial charge < -0.3 is 9.64 Å². The maximum Gasteiger partial charge on any atom is 0.338 e. The Hall–Kier alpha value is -1.30. The third-order valence-electron chi connectivity index (χ3n) is 4.24. The minimum atomic E-state index is -0.262. The summed E-state index contributed by atoms with van der Waals surface area (Å²) in [6.07, 6.45) is 3.18. The third-order valence-corrected chi connectivity index (χ3v) is 5.49. The van der Waals surface area contributed by atoms with Crippen molar-refractivity contribution in [3.8, 4) is 0 Å². The predicted molar refractivity (Wildman–Crippen MR) is 88.9 cm³/mol. The Morgan fingerprint density at radius 1 is 1.43 bits per heavy atom. The first-order valence-corrected chi connectivity index (χ1v) is 8.27. The molecule has 0 atom stereocenters. The number of methoxy groups -OCH3 is 1. The topological polar surface area (TPSA) is 46.6 Å². The summed E-state index contributed by atoms with van der Waals surface area (Å²) >= 11 is 1.65. The number of Topliss-reactive ketones (excluding diaryl/α,β-unsaturated/α-hetero) is 1. The lowest BCUT2D eigenvalue weighted by molar-refractivity contribution is -0.120. The van der Waals surface area contributed by atoms with Gasteiger partial charge in [-0.3, -0.25) is 4.79 Å². The summed E-state index contributed by atoms with van der Waals surface area (Å²) in [6.45, 7) is 5.00. The number of ketones is 1. The molecular formula is C15H22BNO3S. The Bertz CT molecular complexity index is 545. The Morgan fingerprint density at radius 3 is 2.57 bits per heavy atom. The molecule has 1 saturated carbocycles. The van der Waals surface area contributed by atoms with E-state index in [4.69, 9.17) is 4.74 Å². The van der Waals surface area contributed by atoms with Gasteiger partial charge in [0.15, 0.2) is 7.85 Å². The fourth-order valence-corrected chi connectivity index (χ4v) is 4.40. The molecule has 1 aliphatic rings. The van der Waals surface area contributed by atoms with Crippen LogP contribution in [0.15, 0.2) is 0 Å². The van der Waals surface area contributed by atoms with E-state index in [1.165, 1.54) is 7.11 Å². The number of ether oxygens (including phenoxy) is 1. The van der Waals surface area contributed by atoms with Gasteiger partial charge in [-0.2, -0.15) is 0 Å². The number of carbonyl (C=O) groups excluding carboxylic acids is 2. The zero-order chi connectivity index (χ0) is 15.6. The molecule has 1 aromatic rings. The number of esters is 1. The molecule has 1 heterocycles. The highest BCUT2D eigenvalue weighted by Gasteiger charge is 2.28. The summed E-state index contributed by atoms with van der Waals surface area (Å²) in [4.78, 5) is 25.7. The zero-order valence-electron chi connectivity index (χ0n) is 13.2. The number of hydrogen-bond acceptors (Lipinski definition) is 5. The van der Waals surface area contributed by atoms with Crippen LogP contribution in [0.25, 0.3) is 0 Å². The number of nitrogens with zero attached hydrogens (tertiary/aromatic N) is 1. The van der Waals surface area contributed by atoms with Gasteiger partial charge in [0.1, 0.15) is 5.78 Å². The van der Waals surface area contributed by atoms with Crippen molar-refractivity contribution >= 4 is 40.7 Å². The molecule has 114 valence electrons. The van der Waals surface area contributed by atoms with E-state index in [9.17, 15) is 9.59 Å². The molecule has 0 unspecified atom stereocenters. The standard InChI is InChI=1S/C15H22BNO3S/c1-4-17(10-5-7-11(18)8-6-10)14-9(2)12(13(16)21-14)15(19)20-3/h10H,4-8,16H2,1-3H3. The van der Waals surface area contributed by atoms with Gasteiger partial charge in [-0.1, -0.05) is 0 Å². The molecule has 0 amide bonds. The van der Waals surface area contributed by atoms with Gasteiger partial charge in [0.2, 0.25) is 0 Å². The molecule has 1 aliphatic carbocycles. The summed E-state index contributed by atoms with van der Waals surface area (Å²) in [5, 5.41) is 1.15. The Kier molecular flexibility index (Phi) is 5.09. The van der Waals surface area contributed by atoms with Gasteiger partial charge in [0.05, 0.1) is 17.7 Å². The van der Waals surface area contributed by atoms with Gasteiger partial charge in [0.25, 0.3) is 0 Å². The molecule has 0 spiro atoms. The van der Waals surface area contributed by atoms with Crippen LogP contribution in [0, 0.1) is 6.92 Å². The molecule has 0 radical (unpaired) electrons. The number of anilines is 1. The molecule has 0 N–H and O–H groups in total. The fourth-order valence-electron chi connectivity index (χ4n) is 3.12. The Morgan fingerprint density at radius 2 is 2.05 bits per heavy atom. The smallest absolute Gasteiger partial charge is 0.338 e. The lowest BCUT2D eigenvalue weighted by Gasteiger charge is -2.34. The van der Waals surface area contributed by atoms with E-state index in [1.807, 2.05) is 14.8 Å². The van der Waals surface area contributed by atoms with Crippen LogP contribution >= 0.6 is 11.3 Å². The highest BCUT2D eigenvalue weighted by Crippen LogP contribution is 2.33. The van der Waals surface area contributed by atoms with Crippen molar-refractivity contribution in [3.63, 3.8) is 0 Å². The van der Waals surface area contributed by atoms with Crippen molar-refractivity contribution in [1.29, 1.82) is 0 Å². The molecule has 0 bridgehead atoms. The molecule has 2 rings (SSSR count). The average Bonchev–Trinajstić information content (AvgIpc) is 2.76. The van der Waals surface area contributed by atoms with Crippen LogP contribution in [0.4, 0.5) is 5.00 Å². The van der Waals surface area contributed by atoms with E-state index in [1.54, 1.807) is 11.3 Å². The minimum absolute atomic E-state index is 0.262. The molecular weight excluding hydrogens is 285 g/mol. The van der Waals surface area contributed by atoms with Crippen molar-refractivity contribution in [2.75, 3.05) is 18.6 Å². The van der Waals surface area contributed by atoms with Gasteiger partial charge in [-0.15, -0.1) is 11.3 Å². The van der Waals surface area contributed by atoms with E-state index in [0.29, 0.717) is 30.2 Å². The molecule has 0 aromatic carbocycles. The zero-order valence-corrected chi connectivity index (χ0v) is 14.0. The van der Waals surface area contributed by atoms with Crippen molar-refractivity contribution in [2.24, 2.45) is 0 Å². The van der Waals surface area contributed by atoms with Crippen molar-refractivity contribution < 1.29 is 14.3 Å². The normalized spacial score (nSPS) is 16.0.